The minimum absolute atomic E-state index is 0.0540. The van der Waals surface area contributed by atoms with Gasteiger partial charge in [-0.15, -0.1) is 0 Å². The normalized spacial score (nSPS) is 11.3. The molecule has 0 radical (unpaired) electrons. The summed E-state index contributed by atoms with van der Waals surface area (Å²) in [7, 11) is 0. The fraction of sp³-hybridized carbons (Fsp3) is 0.167. The predicted octanol–water partition coefficient (Wildman–Crippen LogP) is 0.515. The molecule has 1 rings (SSSR count). The number of carbonyl (C=O) groups excluding carboxylic acids is 2. The van der Waals surface area contributed by atoms with Crippen LogP contribution in [0.2, 0.25) is 0 Å². The van der Waals surface area contributed by atoms with Crippen LogP contribution in [0.4, 0.5) is 8.78 Å². The Kier molecular flexibility index (Phi) is 4.99. The molecule has 0 heterocycles. The van der Waals surface area contributed by atoms with Crippen LogP contribution in [-0.2, 0) is 9.59 Å². The van der Waals surface area contributed by atoms with E-state index in [2.05, 4.69) is 10.1 Å². The molecule has 0 atom stereocenters. The third-order valence-electron chi connectivity index (χ3n) is 1.95. The van der Waals surface area contributed by atoms with E-state index < -0.39 is 24.2 Å². The average Bonchev–Trinajstić information content (AvgIpc) is 2.29. The number of halogens is 2. The molecule has 102 valence electrons. The van der Waals surface area contributed by atoms with E-state index in [4.69, 9.17) is 0 Å². The number of aliphatic carboxylic acids is 1. The molecular formula is C12H10F2NO4-. The molecule has 1 amide bonds. The standard InChI is InChI=1S/C12H11F2NO4/c1-7(16)15-10(11(17)18)6-8-2-4-9(5-3-8)19-12(13)14/h2-6,12H,1H3,(H,15,16)(H,17,18)/p-1/b10-6+. The summed E-state index contributed by atoms with van der Waals surface area (Å²) >= 11 is 0. The lowest BCUT2D eigenvalue weighted by Gasteiger charge is -2.09. The summed E-state index contributed by atoms with van der Waals surface area (Å²) in [6, 6.07) is 5.22. The van der Waals surface area contributed by atoms with Crippen molar-refractivity contribution < 1.29 is 28.2 Å². The minimum Gasteiger partial charge on any atom is -0.543 e. The number of hydrogen-bond donors (Lipinski definition) is 1. The van der Waals surface area contributed by atoms with Crippen molar-refractivity contribution in [1.82, 2.24) is 5.32 Å². The van der Waals surface area contributed by atoms with E-state index in [0.29, 0.717) is 5.56 Å². The fourth-order valence-electron chi connectivity index (χ4n) is 1.25. The van der Waals surface area contributed by atoms with Gasteiger partial charge in [-0.1, -0.05) is 12.1 Å². The van der Waals surface area contributed by atoms with Gasteiger partial charge in [0.25, 0.3) is 0 Å². The van der Waals surface area contributed by atoms with Crippen LogP contribution in [-0.4, -0.2) is 18.5 Å². The third kappa shape index (κ3) is 5.15. The highest BCUT2D eigenvalue weighted by atomic mass is 19.3. The first-order valence-electron chi connectivity index (χ1n) is 5.14. The maximum Gasteiger partial charge on any atom is 0.387 e. The molecule has 5 nitrogen and oxygen atoms in total. The summed E-state index contributed by atoms with van der Waals surface area (Å²) in [6.07, 6.45) is 1.14. The molecule has 1 aromatic carbocycles. The Hall–Kier alpha value is -2.44. The van der Waals surface area contributed by atoms with Crippen molar-refractivity contribution in [2.45, 2.75) is 13.5 Å². The van der Waals surface area contributed by atoms with Crippen LogP contribution in [0.3, 0.4) is 0 Å². The van der Waals surface area contributed by atoms with E-state index in [1.165, 1.54) is 24.3 Å². The van der Waals surface area contributed by atoms with Crippen molar-refractivity contribution in [3.8, 4) is 5.75 Å². The van der Waals surface area contributed by atoms with Gasteiger partial charge in [-0.3, -0.25) is 4.79 Å². The van der Waals surface area contributed by atoms with Crippen LogP contribution in [0.25, 0.3) is 6.08 Å². The average molecular weight is 270 g/mol. The largest absolute Gasteiger partial charge is 0.543 e. The predicted molar refractivity (Wildman–Crippen MR) is 59.9 cm³/mol. The molecule has 19 heavy (non-hydrogen) atoms. The number of benzene rings is 1. The molecule has 0 spiro atoms. The van der Waals surface area contributed by atoms with Crippen molar-refractivity contribution in [2.75, 3.05) is 0 Å². The number of ether oxygens (including phenoxy) is 1. The molecule has 0 fully saturated rings. The Labute approximate surface area is 107 Å². The van der Waals surface area contributed by atoms with Crippen molar-refractivity contribution in [2.24, 2.45) is 0 Å². The Morgan fingerprint density at radius 2 is 1.89 bits per heavy atom. The lowest BCUT2D eigenvalue weighted by Crippen LogP contribution is -2.34. The van der Waals surface area contributed by atoms with Gasteiger partial charge in [-0.05, 0) is 23.8 Å². The van der Waals surface area contributed by atoms with Crippen LogP contribution in [0.1, 0.15) is 12.5 Å². The first-order chi connectivity index (χ1) is 8.88. The number of carboxylic acid groups (broad SMARTS) is 1. The van der Waals surface area contributed by atoms with Gasteiger partial charge >= 0.3 is 6.61 Å². The van der Waals surface area contributed by atoms with Crippen LogP contribution in [0.5, 0.6) is 5.75 Å². The molecule has 0 aromatic heterocycles. The van der Waals surface area contributed by atoms with Gasteiger partial charge in [0.05, 0.1) is 11.7 Å². The van der Waals surface area contributed by atoms with Crippen molar-refractivity contribution >= 4 is 18.0 Å². The molecule has 0 saturated carbocycles. The van der Waals surface area contributed by atoms with Crippen LogP contribution in [0.15, 0.2) is 30.0 Å². The highest BCUT2D eigenvalue weighted by molar-refractivity contribution is 5.95. The topological polar surface area (TPSA) is 78.5 Å². The van der Waals surface area contributed by atoms with Crippen LogP contribution >= 0.6 is 0 Å². The van der Waals surface area contributed by atoms with Crippen LogP contribution < -0.4 is 15.2 Å². The molecule has 0 unspecified atom stereocenters. The first kappa shape index (κ1) is 14.6. The van der Waals surface area contributed by atoms with E-state index in [1.54, 1.807) is 0 Å². The summed E-state index contributed by atoms with van der Waals surface area (Å²) in [5, 5.41) is 12.8. The fourth-order valence-corrected chi connectivity index (χ4v) is 1.25. The summed E-state index contributed by atoms with van der Waals surface area (Å²) in [6.45, 7) is -1.78. The summed E-state index contributed by atoms with van der Waals surface area (Å²) in [5.41, 5.74) is -0.0374. The molecule has 1 aromatic rings. The molecule has 1 N–H and O–H groups in total. The SMILES string of the molecule is CC(=O)N/C(=C/c1ccc(OC(F)F)cc1)C(=O)[O-]. The van der Waals surface area contributed by atoms with Gasteiger partial charge in [-0.2, -0.15) is 8.78 Å². The highest BCUT2D eigenvalue weighted by Gasteiger charge is 2.04. The Morgan fingerprint density at radius 3 is 2.32 bits per heavy atom. The number of hydrogen-bond acceptors (Lipinski definition) is 4. The maximum atomic E-state index is 11.9. The molecule has 0 aliphatic carbocycles. The monoisotopic (exact) mass is 270 g/mol. The zero-order valence-electron chi connectivity index (χ0n) is 9.85. The Balaban J connectivity index is 2.89. The number of rotatable bonds is 5. The molecular weight excluding hydrogens is 260 g/mol. The number of amides is 1. The van der Waals surface area contributed by atoms with E-state index in [1.807, 2.05) is 0 Å². The second kappa shape index (κ2) is 6.48. The van der Waals surface area contributed by atoms with Crippen LogP contribution in [0, 0.1) is 0 Å². The van der Waals surface area contributed by atoms with Gasteiger partial charge in [-0.25, -0.2) is 0 Å². The molecule has 0 aliphatic heterocycles. The second-order valence-electron chi connectivity index (χ2n) is 3.47. The first-order valence-corrected chi connectivity index (χ1v) is 5.14. The molecule has 0 bridgehead atoms. The van der Waals surface area contributed by atoms with E-state index in [9.17, 15) is 23.5 Å². The van der Waals surface area contributed by atoms with E-state index in [0.717, 1.165) is 13.0 Å². The van der Waals surface area contributed by atoms with E-state index >= 15 is 0 Å². The number of carbonyl (C=O) groups is 2. The smallest absolute Gasteiger partial charge is 0.387 e. The number of carboxylic acids is 1. The van der Waals surface area contributed by atoms with Crippen molar-refractivity contribution in [3.63, 3.8) is 0 Å². The maximum absolute atomic E-state index is 11.9. The highest BCUT2D eigenvalue weighted by Crippen LogP contribution is 2.16. The Morgan fingerprint density at radius 1 is 1.32 bits per heavy atom. The lowest BCUT2D eigenvalue weighted by molar-refractivity contribution is -0.299. The van der Waals surface area contributed by atoms with Crippen molar-refractivity contribution in [1.29, 1.82) is 0 Å². The van der Waals surface area contributed by atoms with Crippen molar-refractivity contribution in [3.05, 3.63) is 35.5 Å². The Bertz CT molecular complexity index is 497. The summed E-state index contributed by atoms with van der Waals surface area (Å²) < 4.78 is 28.0. The quantitative estimate of drug-likeness (QED) is 0.791. The third-order valence-corrected chi connectivity index (χ3v) is 1.95. The van der Waals surface area contributed by atoms with Gasteiger partial charge < -0.3 is 20.0 Å². The van der Waals surface area contributed by atoms with E-state index in [-0.39, 0.29) is 5.75 Å². The molecule has 0 saturated heterocycles. The summed E-state index contributed by atoms with van der Waals surface area (Å²) in [4.78, 5) is 21.5. The molecule has 0 aliphatic rings. The minimum atomic E-state index is -2.93. The van der Waals surface area contributed by atoms with Gasteiger partial charge in [0.1, 0.15) is 5.75 Å². The lowest BCUT2D eigenvalue weighted by atomic mass is 10.2. The summed E-state index contributed by atoms with van der Waals surface area (Å²) in [5.74, 6) is -2.17. The zero-order chi connectivity index (χ0) is 14.4. The van der Waals surface area contributed by atoms with Gasteiger partial charge in [0, 0.05) is 6.92 Å². The number of alkyl halides is 2. The molecule has 7 heteroatoms. The number of nitrogens with one attached hydrogen (secondary N) is 1. The van der Waals surface area contributed by atoms with Gasteiger partial charge in [0.15, 0.2) is 0 Å². The van der Waals surface area contributed by atoms with Gasteiger partial charge in [0.2, 0.25) is 5.91 Å². The second-order valence-corrected chi connectivity index (χ2v) is 3.47. The zero-order valence-corrected chi connectivity index (χ0v) is 9.85.